The lowest BCUT2D eigenvalue weighted by molar-refractivity contribution is 0.591. The molecular weight excluding hydrogens is 609 g/mol. The number of benzene rings is 5. The van der Waals surface area contributed by atoms with Crippen LogP contribution in [0.1, 0.15) is 72.1 Å². The van der Waals surface area contributed by atoms with Crippen molar-refractivity contribution in [3.8, 4) is 28.6 Å². The number of nitriles is 1. The molecule has 0 aliphatic rings. The Bertz CT molecular complexity index is 2590. The summed E-state index contributed by atoms with van der Waals surface area (Å²) in [5.74, 6) is 0. The summed E-state index contributed by atoms with van der Waals surface area (Å²) in [6, 6.07) is 41.5. The van der Waals surface area contributed by atoms with E-state index in [0.29, 0.717) is 5.56 Å². The highest BCUT2D eigenvalue weighted by Gasteiger charge is 2.23. The molecule has 0 amide bonds. The minimum atomic E-state index is 0.0254. The van der Waals surface area contributed by atoms with Crippen molar-refractivity contribution in [2.24, 2.45) is 0 Å². The molecule has 0 saturated carbocycles. The molecule has 3 aromatic heterocycles. The molecule has 8 aromatic rings. The van der Waals surface area contributed by atoms with E-state index in [4.69, 9.17) is 0 Å². The van der Waals surface area contributed by atoms with Crippen LogP contribution in [0.25, 0.3) is 66.1 Å². The molecule has 50 heavy (non-hydrogen) atoms. The van der Waals surface area contributed by atoms with Gasteiger partial charge in [-0.25, -0.2) is 0 Å². The van der Waals surface area contributed by atoms with Crippen LogP contribution in [0.5, 0.6) is 0 Å². The molecular formula is C46H44N4. The van der Waals surface area contributed by atoms with Crippen LogP contribution < -0.4 is 0 Å². The van der Waals surface area contributed by atoms with Crippen LogP contribution in [-0.4, -0.2) is 14.1 Å². The first-order chi connectivity index (χ1) is 24.0. The maximum absolute atomic E-state index is 10.1. The number of fused-ring (bicyclic) bond motifs is 6. The van der Waals surface area contributed by atoms with Crippen molar-refractivity contribution in [1.29, 1.82) is 5.26 Å². The molecule has 0 saturated heterocycles. The quantitative estimate of drug-likeness (QED) is 0.191. The first kappa shape index (κ1) is 32.9. The van der Waals surface area contributed by atoms with Gasteiger partial charge in [-0.3, -0.25) is 4.98 Å². The van der Waals surface area contributed by atoms with Gasteiger partial charge in [0, 0.05) is 45.1 Å². The number of hydrogen-bond donors (Lipinski definition) is 0. The molecule has 3 heterocycles. The molecule has 0 atom stereocenters. The average Bonchev–Trinajstić information content (AvgIpc) is 3.63. The number of para-hydroxylation sites is 2. The Morgan fingerprint density at radius 3 is 1.50 bits per heavy atom. The minimum Gasteiger partial charge on any atom is -0.309 e. The Balaban J connectivity index is 0.00000193. The summed E-state index contributed by atoms with van der Waals surface area (Å²) in [5, 5.41) is 15.0. The van der Waals surface area contributed by atoms with E-state index in [1.54, 1.807) is 0 Å². The van der Waals surface area contributed by atoms with Crippen molar-refractivity contribution in [3.63, 3.8) is 0 Å². The third-order valence-corrected chi connectivity index (χ3v) is 9.77. The van der Waals surface area contributed by atoms with Crippen molar-refractivity contribution in [1.82, 2.24) is 14.1 Å². The van der Waals surface area contributed by atoms with E-state index in [1.165, 1.54) is 32.7 Å². The molecule has 0 radical (unpaired) electrons. The molecule has 0 N–H and O–H groups in total. The third kappa shape index (κ3) is 5.35. The van der Waals surface area contributed by atoms with Crippen LogP contribution in [0.15, 0.2) is 122 Å². The first-order valence-electron chi connectivity index (χ1n) is 17.6. The standard InChI is InChI=1S/C44H38N4.C2H6/c1-43(2,3)29-16-19-40-34(24-29)31-11-7-9-13-37(31)47(40)39-18-15-28(26-45)23-33(39)36-27-46-22-21-42(36)48-38-14-10-8-12-32(38)35-25-30(44(4,5)6)17-20-41(35)48;1-2/h7-25,27H,1-6H3;1-2H3. The van der Waals surface area contributed by atoms with Crippen LogP contribution in [0.3, 0.4) is 0 Å². The maximum Gasteiger partial charge on any atom is 0.0991 e. The molecule has 5 aromatic carbocycles. The lowest BCUT2D eigenvalue weighted by Crippen LogP contribution is -2.10. The first-order valence-corrected chi connectivity index (χ1v) is 17.6. The summed E-state index contributed by atoms with van der Waals surface area (Å²) < 4.78 is 4.71. The monoisotopic (exact) mass is 652 g/mol. The Morgan fingerprint density at radius 2 is 1.00 bits per heavy atom. The molecule has 4 nitrogen and oxygen atoms in total. The summed E-state index contributed by atoms with van der Waals surface area (Å²) in [5.41, 5.74) is 11.7. The van der Waals surface area contributed by atoms with Crippen molar-refractivity contribution in [3.05, 3.63) is 138 Å². The smallest absolute Gasteiger partial charge is 0.0991 e. The number of aromatic nitrogens is 3. The van der Waals surface area contributed by atoms with Gasteiger partial charge >= 0.3 is 0 Å². The van der Waals surface area contributed by atoms with Gasteiger partial charge < -0.3 is 9.13 Å². The van der Waals surface area contributed by atoms with Crippen LogP contribution in [0, 0.1) is 11.3 Å². The second-order valence-corrected chi connectivity index (χ2v) is 14.9. The lowest BCUT2D eigenvalue weighted by atomic mass is 9.86. The number of rotatable bonds is 3. The molecule has 0 aliphatic heterocycles. The fourth-order valence-electron chi connectivity index (χ4n) is 7.20. The fourth-order valence-corrected chi connectivity index (χ4v) is 7.20. The zero-order chi connectivity index (χ0) is 35.4. The highest BCUT2D eigenvalue weighted by atomic mass is 15.0. The van der Waals surface area contributed by atoms with Gasteiger partial charge in [-0.2, -0.15) is 5.26 Å². The highest BCUT2D eigenvalue weighted by molar-refractivity contribution is 6.11. The molecule has 248 valence electrons. The Kier molecular flexibility index (Phi) is 8.11. The van der Waals surface area contributed by atoms with Crippen molar-refractivity contribution < 1.29 is 0 Å². The molecule has 4 heteroatoms. The molecule has 0 bridgehead atoms. The Morgan fingerprint density at radius 1 is 0.520 bits per heavy atom. The average molecular weight is 653 g/mol. The van der Waals surface area contributed by atoms with Crippen LogP contribution in [-0.2, 0) is 10.8 Å². The summed E-state index contributed by atoms with van der Waals surface area (Å²) in [6.07, 6.45) is 3.82. The van der Waals surface area contributed by atoms with Gasteiger partial charge in [-0.15, -0.1) is 0 Å². The zero-order valence-electron chi connectivity index (χ0n) is 30.3. The Hall–Kier alpha value is -5.66. The van der Waals surface area contributed by atoms with E-state index in [1.807, 2.05) is 38.4 Å². The van der Waals surface area contributed by atoms with Crippen LogP contribution in [0.2, 0.25) is 0 Å². The third-order valence-electron chi connectivity index (χ3n) is 9.77. The van der Waals surface area contributed by atoms with Crippen molar-refractivity contribution in [2.75, 3.05) is 0 Å². The van der Waals surface area contributed by atoms with E-state index in [0.717, 1.165) is 44.6 Å². The molecule has 8 rings (SSSR count). The lowest BCUT2D eigenvalue weighted by Gasteiger charge is -2.20. The number of nitrogens with zero attached hydrogens (tertiary/aromatic N) is 4. The van der Waals surface area contributed by atoms with Gasteiger partial charge in [-0.1, -0.05) is 104 Å². The summed E-state index contributed by atoms with van der Waals surface area (Å²) in [7, 11) is 0. The van der Waals surface area contributed by atoms with Crippen LogP contribution >= 0.6 is 0 Å². The molecule has 0 fully saturated rings. The van der Waals surface area contributed by atoms with E-state index in [2.05, 4.69) is 159 Å². The minimum absolute atomic E-state index is 0.0254. The molecule has 0 aliphatic carbocycles. The van der Waals surface area contributed by atoms with E-state index >= 15 is 0 Å². The van der Waals surface area contributed by atoms with Gasteiger partial charge in [0.1, 0.15) is 0 Å². The number of hydrogen-bond acceptors (Lipinski definition) is 2. The summed E-state index contributed by atoms with van der Waals surface area (Å²) >= 11 is 0. The van der Waals surface area contributed by atoms with Gasteiger partial charge in [0.2, 0.25) is 0 Å². The molecule has 0 spiro atoms. The van der Waals surface area contributed by atoms with Gasteiger partial charge in [-0.05, 0) is 82.6 Å². The second-order valence-electron chi connectivity index (χ2n) is 14.9. The largest absolute Gasteiger partial charge is 0.309 e. The topological polar surface area (TPSA) is 46.5 Å². The van der Waals surface area contributed by atoms with E-state index in [-0.39, 0.29) is 10.8 Å². The number of pyridine rings is 1. The summed E-state index contributed by atoms with van der Waals surface area (Å²) in [6.45, 7) is 17.6. The SMILES string of the molecule is CC.CC(C)(C)c1ccc2c(c1)c1ccccc1n2-c1ccncc1-c1cc(C#N)ccc1-n1c2ccccc2c2cc(C(C)(C)C)ccc21. The second kappa shape index (κ2) is 12.3. The predicted octanol–water partition coefficient (Wildman–Crippen LogP) is 12.4. The van der Waals surface area contributed by atoms with E-state index < -0.39 is 0 Å². The molecule has 0 unspecified atom stereocenters. The van der Waals surface area contributed by atoms with Gasteiger partial charge in [0.25, 0.3) is 0 Å². The normalized spacial score (nSPS) is 12.0. The maximum atomic E-state index is 10.1. The van der Waals surface area contributed by atoms with E-state index in [9.17, 15) is 5.26 Å². The van der Waals surface area contributed by atoms with Crippen molar-refractivity contribution >= 4 is 43.6 Å². The van der Waals surface area contributed by atoms with Crippen molar-refractivity contribution in [2.45, 2.75) is 66.2 Å². The van der Waals surface area contributed by atoms with Gasteiger partial charge in [0.15, 0.2) is 0 Å². The zero-order valence-corrected chi connectivity index (χ0v) is 30.3. The van der Waals surface area contributed by atoms with Gasteiger partial charge in [0.05, 0.1) is 45.1 Å². The predicted molar refractivity (Wildman–Crippen MR) is 212 cm³/mol. The summed E-state index contributed by atoms with van der Waals surface area (Å²) in [4.78, 5) is 4.67. The highest BCUT2D eigenvalue weighted by Crippen LogP contribution is 2.42. The fraction of sp³-hybridized carbons (Fsp3) is 0.217. The Labute approximate surface area is 295 Å². The van der Waals surface area contributed by atoms with Crippen LogP contribution in [0.4, 0.5) is 0 Å².